The highest BCUT2D eigenvalue weighted by molar-refractivity contribution is 9.11. The first-order valence-electron chi connectivity index (χ1n) is 3.45. The van der Waals surface area contributed by atoms with Crippen molar-refractivity contribution in [3.05, 3.63) is 32.7 Å². The summed E-state index contributed by atoms with van der Waals surface area (Å²) in [6, 6.07) is 4.20. The van der Waals surface area contributed by atoms with Crippen LogP contribution in [0.15, 0.2) is 27.1 Å². The zero-order valence-corrected chi connectivity index (χ0v) is 9.67. The van der Waals surface area contributed by atoms with E-state index in [1.165, 1.54) is 0 Å². The van der Waals surface area contributed by atoms with Gasteiger partial charge < -0.3 is 10.8 Å². The number of aliphatic carboxylic acids is 1. The molecule has 0 aliphatic rings. The van der Waals surface area contributed by atoms with Crippen molar-refractivity contribution in [2.24, 2.45) is 5.73 Å². The summed E-state index contributed by atoms with van der Waals surface area (Å²) >= 11 is 6.51. The maximum atomic E-state index is 10.6. The second kappa shape index (κ2) is 4.21. The van der Waals surface area contributed by atoms with E-state index >= 15 is 0 Å². The van der Waals surface area contributed by atoms with Crippen LogP contribution in [0.4, 0.5) is 0 Å². The third-order valence-electron chi connectivity index (χ3n) is 1.56. The first-order chi connectivity index (χ1) is 6.02. The Labute approximate surface area is 92.2 Å². The van der Waals surface area contributed by atoms with Gasteiger partial charge in [0.25, 0.3) is 0 Å². The number of carboxylic acids is 1. The van der Waals surface area contributed by atoms with Crippen LogP contribution in [0.1, 0.15) is 11.6 Å². The first kappa shape index (κ1) is 10.7. The molecule has 0 heterocycles. The molecule has 0 saturated heterocycles. The Balaban J connectivity index is 3.08. The van der Waals surface area contributed by atoms with Gasteiger partial charge >= 0.3 is 5.97 Å². The Bertz CT molecular complexity index is 341. The molecule has 1 atom stereocenters. The molecule has 0 aliphatic heterocycles. The van der Waals surface area contributed by atoms with E-state index in [2.05, 4.69) is 31.9 Å². The Morgan fingerprint density at radius 1 is 1.46 bits per heavy atom. The average molecular weight is 309 g/mol. The minimum absolute atomic E-state index is 0.565. The molecule has 3 N–H and O–H groups in total. The molecule has 5 heteroatoms. The molecule has 1 aromatic rings. The lowest BCUT2D eigenvalue weighted by molar-refractivity contribution is -0.138. The second-order valence-electron chi connectivity index (χ2n) is 2.48. The largest absolute Gasteiger partial charge is 0.480 e. The van der Waals surface area contributed by atoms with Crippen molar-refractivity contribution >= 4 is 37.8 Å². The third-order valence-corrected chi connectivity index (χ3v) is 2.74. The Morgan fingerprint density at radius 3 is 2.54 bits per heavy atom. The summed E-state index contributed by atoms with van der Waals surface area (Å²) < 4.78 is 1.57. The number of benzene rings is 1. The van der Waals surface area contributed by atoms with Gasteiger partial charge in [-0.2, -0.15) is 0 Å². The van der Waals surface area contributed by atoms with E-state index in [0.717, 1.165) is 4.47 Å². The topological polar surface area (TPSA) is 63.3 Å². The summed E-state index contributed by atoms with van der Waals surface area (Å²) in [7, 11) is 0. The molecular weight excluding hydrogens is 302 g/mol. The number of hydrogen-bond donors (Lipinski definition) is 2. The maximum Gasteiger partial charge on any atom is 0.325 e. The smallest absolute Gasteiger partial charge is 0.325 e. The Hall–Kier alpha value is -0.390. The van der Waals surface area contributed by atoms with E-state index < -0.39 is 12.0 Å². The fraction of sp³-hybridized carbons (Fsp3) is 0.125. The van der Waals surface area contributed by atoms with Gasteiger partial charge in [0.1, 0.15) is 6.04 Å². The monoisotopic (exact) mass is 307 g/mol. The summed E-state index contributed by atoms with van der Waals surface area (Å²) in [5, 5.41) is 8.67. The highest BCUT2D eigenvalue weighted by Gasteiger charge is 2.16. The molecule has 0 bridgehead atoms. The van der Waals surface area contributed by atoms with E-state index in [4.69, 9.17) is 10.8 Å². The summed E-state index contributed by atoms with van der Waals surface area (Å²) in [6.45, 7) is 0. The third kappa shape index (κ3) is 2.52. The van der Waals surface area contributed by atoms with Gasteiger partial charge in [0.05, 0.1) is 0 Å². The molecule has 0 fully saturated rings. The molecule has 70 valence electrons. The molecule has 0 amide bonds. The van der Waals surface area contributed by atoms with Crippen molar-refractivity contribution in [2.75, 3.05) is 0 Å². The molecule has 0 saturated carbocycles. The predicted molar refractivity (Wildman–Crippen MR) is 56.4 cm³/mol. The molecule has 0 unspecified atom stereocenters. The van der Waals surface area contributed by atoms with Crippen molar-refractivity contribution in [1.29, 1.82) is 0 Å². The van der Waals surface area contributed by atoms with Crippen LogP contribution in [-0.2, 0) is 4.79 Å². The molecule has 0 aromatic heterocycles. The number of rotatable bonds is 2. The Kier molecular flexibility index (Phi) is 3.47. The van der Waals surface area contributed by atoms with Crippen LogP contribution in [0.2, 0.25) is 0 Å². The number of hydrogen-bond acceptors (Lipinski definition) is 2. The van der Waals surface area contributed by atoms with Crippen molar-refractivity contribution in [2.45, 2.75) is 6.04 Å². The van der Waals surface area contributed by atoms with Gasteiger partial charge in [-0.1, -0.05) is 37.9 Å². The zero-order chi connectivity index (χ0) is 10.0. The summed E-state index contributed by atoms with van der Waals surface area (Å²) in [5.74, 6) is -1.04. The van der Waals surface area contributed by atoms with Crippen LogP contribution in [0.5, 0.6) is 0 Å². The van der Waals surface area contributed by atoms with Gasteiger partial charge in [-0.15, -0.1) is 0 Å². The molecule has 0 spiro atoms. The second-order valence-corrected chi connectivity index (χ2v) is 4.25. The van der Waals surface area contributed by atoms with E-state index in [9.17, 15) is 4.79 Å². The van der Waals surface area contributed by atoms with E-state index in [0.29, 0.717) is 10.0 Å². The van der Waals surface area contributed by atoms with Gasteiger partial charge in [0.15, 0.2) is 0 Å². The molecule has 0 aliphatic carbocycles. The van der Waals surface area contributed by atoms with Crippen molar-refractivity contribution in [3.63, 3.8) is 0 Å². The molecular formula is C8H7Br2NO2. The van der Waals surface area contributed by atoms with Crippen LogP contribution < -0.4 is 5.73 Å². The van der Waals surface area contributed by atoms with Gasteiger partial charge in [0, 0.05) is 8.95 Å². The van der Waals surface area contributed by atoms with Gasteiger partial charge in [-0.3, -0.25) is 4.79 Å². The van der Waals surface area contributed by atoms with Crippen molar-refractivity contribution < 1.29 is 9.90 Å². The zero-order valence-electron chi connectivity index (χ0n) is 6.50. The van der Waals surface area contributed by atoms with Crippen LogP contribution in [0.25, 0.3) is 0 Å². The highest BCUT2D eigenvalue weighted by atomic mass is 79.9. The minimum atomic E-state index is -1.04. The maximum absolute atomic E-state index is 10.6. The lowest BCUT2D eigenvalue weighted by atomic mass is 10.1. The standard InChI is InChI=1S/C8H7Br2NO2/c9-4-1-2-5(6(10)3-4)7(11)8(12)13/h1-3,7H,11H2,(H,12,13)/t7-/m0/s1. The van der Waals surface area contributed by atoms with Gasteiger partial charge in [-0.25, -0.2) is 0 Å². The van der Waals surface area contributed by atoms with Crippen LogP contribution >= 0.6 is 31.9 Å². The van der Waals surface area contributed by atoms with E-state index in [1.807, 2.05) is 0 Å². The number of nitrogens with two attached hydrogens (primary N) is 1. The van der Waals surface area contributed by atoms with Crippen LogP contribution in [0, 0.1) is 0 Å². The van der Waals surface area contributed by atoms with Crippen LogP contribution in [-0.4, -0.2) is 11.1 Å². The summed E-state index contributed by atoms with van der Waals surface area (Å²) in [6.07, 6.45) is 0. The van der Waals surface area contributed by atoms with E-state index in [1.54, 1.807) is 18.2 Å². The summed E-state index contributed by atoms with van der Waals surface area (Å²) in [4.78, 5) is 10.6. The number of carboxylic acid groups (broad SMARTS) is 1. The molecule has 1 aromatic carbocycles. The average Bonchev–Trinajstić information content (AvgIpc) is 2.03. The highest BCUT2D eigenvalue weighted by Crippen LogP contribution is 2.25. The first-order valence-corrected chi connectivity index (χ1v) is 5.04. The normalized spacial score (nSPS) is 12.5. The van der Waals surface area contributed by atoms with Crippen molar-refractivity contribution in [3.8, 4) is 0 Å². The lowest BCUT2D eigenvalue weighted by Gasteiger charge is -2.08. The number of halogens is 2. The molecule has 13 heavy (non-hydrogen) atoms. The minimum Gasteiger partial charge on any atom is -0.480 e. The fourth-order valence-electron chi connectivity index (χ4n) is 0.887. The SMILES string of the molecule is N[C@H](C(=O)O)c1ccc(Br)cc1Br. The molecule has 1 rings (SSSR count). The number of carbonyl (C=O) groups is 1. The molecule has 0 radical (unpaired) electrons. The summed E-state index contributed by atoms with van der Waals surface area (Å²) in [5.41, 5.74) is 6.01. The quantitative estimate of drug-likeness (QED) is 0.881. The predicted octanol–water partition coefficient (Wildman–Crippen LogP) is 2.30. The van der Waals surface area contributed by atoms with Gasteiger partial charge in [-0.05, 0) is 17.7 Å². The van der Waals surface area contributed by atoms with E-state index in [-0.39, 0.29) is 0 Å². The van der Waals surface area contributed by atoms with Crippen molar-refractivity contribution in [1.82, 2.24) is 0 Å². The lowest BCUT2D eigenvalue weighted by Crippen LogP contribution is -2.20. The fourth-order valence-corrected chi connectivity index (χ4v) is 2.18. The van der Waals surface area contributed by atoms with Crippen LogP contribution in [0.3, 0.4) is 0 Å². The molecule has 3 nitrogen and oxygen atoms in total. The Morgan fingerprint density at radius 2 is 2.08 bits per heavy atom. The van der Waals surface area contributed by atoms with Gasteiger partial charge in [0.2, 0.25) is 0 Å².